The number of anilines is 2. The number of hydrogen-bond acceptors (Lipinski definition) is 4. The fourth-order valence-corrected chi connectivity index (χ4v) is 1.81. The first-order valence-electron chi connectivity index (χ1n) is 6.20. The molecule has 0 saturated carbocycles. The van der Waals surface area contributed by atoms with Crippen LogP contribution in [0.1, 0.15) is 24.2 Å². The van der Waals surface area contributed by atoms with E-state index in [2.05, 4.69) is 5.32 Å². The number of nitrogens with two attached hydrogens (primary N) is 2. The van der Waals surface area contributed by atoms with E-state index in [9.17, 15) is 9.59 Å². The molecule has 0 unspecified atom stereocenters. The molecule has 1 aromatic rings. The van der Waals surface area contributed by atoms with Gasteiger partial charge < -0.3 is 21.7 Å². The highest BCUT2D eigenvalue weighted by atomic mass is 16.2. The summed E-state index contributed by atoms with van der Waals surface area (Å²) in [5, 5.41) is 2.73. The monoisotopic (exact) mass is 264 g/mol. The summed E-state index contributed by atoms with van der Waals surface area (Å²) in [5.41, 5.74) is 12.6. The van der Waals surface area contributed by atoms with Crippen molar-refractivity contribution in [1.82, 2.24) is 5.32 Å². The van der Waals surface area contributed by atoms with Crippen molar-refractivity contribution in [2.24, 2.45) is 5.73 Å². The molecule has 5 N–H and O–H groups in total. The molecule has 0 heterocycles. The van der Waals surface area contributed by atoms with Gasteiger partial charge in [-0.1, -0.05) is 0 Å². The van der Waals surface area contributed by atoms with Crippen molar-refractivity contribution in [2.45, 2.75) is 13.8 Å². The van der Waals surface area contributed by atoms with Gasteiger partial charge in [0.05, 0.1) is 17.8 Å². The molecule has 6 heteroatoms. The fraction of sp³-hybridized carbons (Fsp3) is 0.385. The molecule has 0 aliphatic rings. The number of nitrogen functional groups attached to an aromatic ring is 1. The Kier molecular flexibility index (Phi) is 5.17. The van der Waals surface area contributed by atoms with E-state index < -0.39 is 5.91 Å². The maximum Gasteiger partial charge on any atom is 0.253 e. The van der Waals surface area contributed by atoms with Gasteiger partial charge in [0.2, 0.25) is 5.91 Å². The van der Waals surface area contributed by atoms with Crippen LogP contribution in [0.25, 0.3) is 0 Å². The van der Waals surface area contributed by atoms with Crippen LogP contribution in [0.4, 0.5) is 11.4 Å². The lowest BCUT2D eigenvalue weighted by Gasteiger charge is -2.24. The molecule has 0 atom stereocenters. The Morgan fingerprint density at radius 1 is 1.32 bits per heavy atom. The molecule has 1 rings (SSSR count). The van der Waals surface area contributed by atoms with Crippen molar-refractivity contribution in [3.8, 4) is 0 Å². The van der Waals surface area contributed by atoms with Gasteiger partial charge in [-0.25, -0.2) is 0 Å². The zero-order chi connectivity index (χ0) is 14.4. The second-order valence-corrected chi connectivity index (χ2v) is 4.12. The van der Waals surface area contributed by atoms with Crippen LogP contribution in [0.5, 0.6) is 0 Å². The van der Waals surface area contributed by atoms with Crippen LogP contribution in [0.3, 0.4) is 0 Å². The Bertz CT molecular complexity index is 474. The number of amides is 2. The molecule has 1 aromatic carbocycles. The van der Waals surface area contributed by atoms with Crippen molar-refractivity contribution in [2.75, 3.05) is 30.3 Å². The Hall–Kier alpha value is -2.24. The second kappa shape index (κ2) is 6.63. The summed E-state index contributed by atoms with van der Waals surface area (Å²) in [4.78, 5) is 24.8. The maximum absolute atomic E-state index is 12.0. The fourth-order valence-electron chi connectivity index (χ4n) is 1.81. The zero-order valence-corrected chi connectivity index (χ0v) is 11.3. The van der Waals surface area contributed by atoms with E-state index in [0.29, 0.717) is 30.0 Å². The van der Waals surface area contributed by atoms with Gasteiger partial charge in [-0.05, 0) is 32.0 Å². The molecule has 0 aliphatic carbocycles. The highest BCUT2D eigenvalue weighted by molar-refractivity contribution is 6.01. The molecular formula is C13H20N4O2. The van der Waals surface area contributed by atoms with Crippen LogP contribution in [-0.4, -0.2) is 31.4 Å². The molecule has 0 saturated heterocycles. The number of nitrogens with one attached hydrogen (secondary N) is 1. The molecular weight excluding hydrogens is 244 g/mol. The van der Waals surface area contributed by atoms with Crippen LogP contribution in [0.15, 0.2) is 18.2 Å². The van der Waals surface area contributed by atoms with Gasteiger partial charge in [-0.3, -0.25) is 9.59 Å². The second-order valence-electron chi connectivity index (χ2n) is 4.12. The first kappa shape index (κ1) is 14.8. The average molecular weight is 264 g/mol. The van der Waals surface area contributed by atoms with E-state index in [1.165, 1.54) is 0 Å². The van der Waals surface area contributed by atoms with Crippen LogP contribution in [0, 0.1) is 0 Å². The summed E-state index contributed by atoms with van der Waals surface area (Å²) in [5.74, 6) is -0.647. The first-order valence-corrected chi connectivity index (χ1v) is 6.20. The summed E-state index contributed by atoms with van der Waals surface area (Å²) in [6, 6.07) is 4.99. The lowest BCUT2D eigenvalue weighted by atomic mass is 10.1. The van der Waals surface area contributed by atoms with E-state index in [1.54, 1.807) is 23.1 Å². The Balaban J connectivity index is 3.18. The third kappa shape index (κ3) is 3.87. The Morgan fingerprint density at radius 2 is 2.00 bits per heavy atom. The number of primary amides is 1. The summed E-state index contributed by atoms with van der Waals surface area (Å²) < 4.78 is 0. The van der Waals surface area contributed by atoms with Crippen molar-refractivity contribution in [3.63, 3.8) is 0 Å². The lowest BCUT2D eigenvalue weighted by Crippen LogP contribution is -2.35. The molecule has 0 aromatic heterocycles. The van der Waals surface area contributed by atoms with Gasteiger partial charge in [0.1, 0.15) is 0 Å². The van der Waals surface area contributed by atoms with Crippen molar-refractivity contribution >= 4 is 23.2 Å². The topological polar surface area (TPSA) is 101 Å². The zero-order valence-electron chi connectivity index (χ0n) is 11.3. The number of benzene rings is 1. The first-order chi connectivity index (χ1) is 8.99. The van der Waals surface area contributed by atoms with Crippen molar-refractivity contribution in [1.29, 1.82) is 0 Å². The highest BCUT2D eigenvalue weighted by Crippen LogP contribution is 2.23. The summed E-state index contributed by atoms with van der Waals surface area (Å²) in [6.45, 7) is 4.86. The predicted octanol–water partition coefficient (Wildman–Crippen LogP) is 0.330. The number of hydrogen-bond donors (Lipinski definition) is 3. The SMILES string of the molecule is CCNC(=O)c1ccc(N)cc1N(CC)CC(N)=O. The van der Waals surface area contributed by atoms with E-state index in [-0.39, 0.29) is 12.5 Å². The number of carbonyl (C=O) groups is 2. The minimum absolute atomic E-state index is 0.0480. The molecule has 0 bridgehead atoms. The third-order valence-electron chi connectivity index (χ3n) is 2.67. The molecule has 0 fully saturated rings. The van der Waals surface area contributed by atoms with Crippen LogP contribution in [-0.2, 0) is 4.79 Å². The largest absolute Gasteiger partial charge is 0.399 e. The standard InChI is InChI=1S/C13H20N4O2/c1-3-16-13(19)10-6-5-9(14)7-11(10)17(4-2)8-12(15)18/h5-7H,3-4,8,14H2,1-2H3,(H2,15,18)(H,16,19). The predicted molar refractivity (Wildman–Crippen MR) is 75.9 cm³/mol. The van der Waals surface area contributed by atoms with E-state index in [1.807, 2.05) is 13.8 Å². The van der Waals surface area contributed by atoms with Crippen LogP contribution >= 0.6 is 0 Å². The molecule has 0 radical (unpaired) electrons. The quantitative estimate of drug-likeness (QED) is 0.644. The molecule has 6 nitrogen and oxygen atoms in total. The highest BCUT2D eigenvalue weighted by Gasteiger charge is 2.17. The van der Waals surface area contributed by atoms with Gasteiger partial charge in [-0.2, -0.15) is 0 Å². The van der Waals surface area contributed by atoms with Gasteiger partial charge in [0.15, 0.2) is 0 Å². The minimum Gasteiger partial charge on any atom is -0.399 e. The number of likely N-dealkylation sites (N-methyl/N-ethyl adjacent to an activating group) is 1. The summed E-state index contributed by atoms with van der Waals surface area (Å²) >= 11 is 0. The normalized spacial score (nSPS) is 10.0. The van der Waals surface area contributed by atoms with E-state index in [4.69, 9.17) is 11.5 Å². The van der Waals surface area contributed by atoms with E-state index in [0.717, 1.165) is 0 Å². The van der Waals surface area contributed by atoms with Crippen LogP contribution in [0.2, 0.25) is 0 Å². The Morgan fingerprint density at radius 3 is 2.53 bits per heavy atom. The molecule has 104 valence electrons. The summed E-state index contributed by atoms with van der Waals surface area (Å²) in [7, 11) is 0. The van der Waals surface area contributed by atoms with Gasteiger partial charge in [0, 0.05) is 18.8 Å². The third-order valence-corrected chi connectivity index (χ3v) is 2.67. The minimum atomic E-state index is -0.453. The number of carbonyl (C=O) groups excluding carboxylic acids is 2. The molecule has 0 aliphatic heterocycles. The smallest absolute Gasteiger partial charge is 0.253 e. The maximum atomic E-state index is 12.0. The number of rotatable bonds is 6. The molecule has 0 spiro atoms. The van der Waals surface area contributed by atoms with E-state index >= 15 is 0 Å². The van der Waals surface area contributed by atoms with Gasteiger partial charge in [-0.15, -0.1) is 0 Å². The molecule has 19 heavy (non-hydrogen) atoms. The molecule has 2 amide bonds. The summed E-state index contributed by atoms with van der Waals surface area (Å²) in [6.07, 6.45) is 0. The average Bonchev–Trinajstić information content (AvgIpc) is 2.35. The van der Waals surface area contributed by atoms with Crippen LogP contribution < -0.4 is 21.7 Å². The van der Waals surface area contributed by atoms with Crippen molar-refractivity contribution in [3.05, 3.63) is 23.8 Å². The number of nitrogens with zero attached hydrogens (tertiary/aromatic N) is 1. The Labute approximate surface area is 112 Å². The van der Waals surface area contributed by atoms with Gasteiger partial charge in [0.25, 0.3) is 5.91 Å². The van der Waals surface area contributed by atoms with Gasteiger partial charge >= 0.3 is 0 Å². The lowest BCUT2D eigenvalue weighted by molar-refractivity contribution is -0.116. The van der Waals surface area contributed by atoms with Crippen molar-refractivity contribution < 1.29 is 9.59 Å².